The van der Waals surface area contributed by atoms with Gasteiger partial charge in [-0.3, -0.25) is 4.99 Å². The number of rotatable bonds is 1. The summed E-state index contributed by atoms with van der Waals surface area (Å²) in [5, 5.41) is 8.57. The molecule has 1 rings (SSSR count). The minimum Gasteiger partial charge on any atom is -0.390 e. The third-order valence-electron chi connectivity index (χ3n) is 0.931. The molecule has 0 aliphatic carbocycles. The van der Waals surface area contributed by atoms with Crippen LogP contribution in [0.3, 0.4) is 0 Å². The van der Waals surface area contributed by atoms with Crippen LogP contribution >= 0.6 is 0 Å². The first-order valence-electron chi connectivity index (χ1n) is 2.68. The summed E-state index contributed by atoms with van der Waals surface area (Å²) in [5.74, 6) is 0. The minimum atomic E-state index is -0.0226. The summed E-state index contributed by atoms with van der Waals surface area (Å²) in [4.78, 5) is 3.88. The summed E-state index contributed by atoms with van der Waals surface area (Å²) in [5.41, 5.74) is 3.46. The number of hydrogen-bond acceptors (Lipinski definition) is 2. The zero-order valence-electron chi connectivity index (χ0n) is 4.91. The van der Waals surface area contributed by atoms with Crippen molar-refractivity contribution in [1.29, 1.82) is 0 Å². The first-order chi connectivity index (χ1) is 4.43. The monoisotopic (exact) mass is 121 g/mol. The van der Waals surface area contributed by atoms with E-state index in [0.29, 0.717) is 5.71 Å². The third-order valence-corrected chi connectivity index (χ3v) is 0.931. The smallest absolute Gasteiger partial charge is 0.0859 e. The third kappa shape index (κ3) is 1.68. The molecular formula is C7H7NO. The van der Waals surface area contributed by atoms with E-state index in [1.54, 1.807) is 24.4 Å². The van der Waals surface area contributed by atoms with E-state index in [2.05, 4.69) is 10.7 Å². The zero-order chi connectivity index (χ0) is 6.53. The molecule has 9 heavy (non-hydrogen) atoms. The summed E-state index contributed by atoms with van der Waals surface area (Å²) in [6.45, 7) is -0.0226. The molecule has 0 saturated carbocycles. The number of aliphatic imine (C=N–C) groups is 1. The minimum absolute atomic E-state index is 0.0226. The predicted octanol–water partition coefficient (Wildman–Crippen LogP) is 0.658. The lowest BCUT2D eigenvalue weighted by Gasteiger charge is -1.86. The molecule has 0 aromatic carbocycles. The van der Waals surface area contributed by atoms with Crippen LogP contribution in [0.4, 0.5) is 0 Å². The van der Waals surface area contributed by atoms with E-state index in [0.717, 1.165) is 0 Å². The molecular weight excluding hydrogens is 114 g/mol. The highest BCUT2D eigenvalue weighted by Crippen LogP contribution is 1.87. The van der Waals surface area contributed by atoms with Gasteiger partial charge in [-0.25, -0.2) is 0 Å². The molecule has 0 aromatic rings. The molecule has 0 saturated heterocycles. The number of aliphatic hydroxyl groups is 1. The van der Waals surface area contributed by atoms with Crippen molar-refractivity contribution in [2.45, 2.75) is 0 Å². The Balaban J connectivity index is 2.82. The van der Waals surface area contributed by atoms with Gasteiger partial charge in [-0.1, -0.05) is 0 Å². The van der Waals surface area contributed by atoms with Crippen molar-refractivity contribution >= 4 is 5.71 Å². The van der Waals surface area contributed by atoms with Crippen LogP contribution in [0.5, 0.6) is 0 Å². The molecule has 1 aliphatic heterocycles. The molecule has 2 nitrogen and oxygen atoms in total. The highest BCUT2D eigenvalue weighted by atomic mass is 16.3. The van der Waals surface area contributed by atoms with Crippen molar-refractivity contribution in [2.24, 2.45) is 4.99 Å². The van der Waals surface area contributed by atoms with Crippen molar-refractivity contribution in [2.75, 3.05) is 6.61 Å². The number of allylic oxidation sites excluding steroid dienone is 1. The summed E-state index contributed by atoms with van der Waals surface area (Å²) < 4.78 is 0. The summed E-state index contributed by atoms with van der Waals surface area (Å²) >= 11 is 0. The fourth-order valence-corrected chi connectivity index (χ4v) is 0.505. The van der Waals surface area contributed by atoms with E-state index in [9.17, 15) is 0 Å². The Morgan fingerprint density at radius 3 is 3.33 bits per heavy atom. The topological polar surface area (TPSA) is 32.6 Å². The van der Waals surface area contributed by atoms with E-state index in [1.165, 1.54) is 0 Å². The fourth-order valence-electron chi connectivity index (χ4n) is 0.505. The van der Waals surface area contributed by atoms with Gasteiger partial charge >= 0.3 is 0 Å². The fraction of sp³-hybridized carbons (Fsp3) is 0.143. The van der Waals surface area contributed by atoms with Gasteiger partial charge in [0.05, 0.1) is 12.3 Å². The first-order valence-corrected chi connectivity index (χ1v) is 2.68. The van der Waals surface area contributed by atoms with Gasteiger partial charge in [0, 0.05) is 12.3 Å². The Morgan fingerprint density at radius 2 is 2.56 bits per heavy atom. The lowest BCUT2D eigenvalue weighted by atomic mass is 10.4. The molecule has 0 spiro atoms. The van der Waals surface area contributed by atoms with E-state index >= 15 is 0 Å². The van der Waals surface area contributed by atoms with Gasteiger partial charge in [-0.15, -0.1) is 5.73 Å². The Morgan fingerprint density at radius 1 is 1.67 bits per heavy atom. The molecule has 0 unspecified atom stereocenters. The molecule has 1 aliphatic rings. The van der Waals surface area contributed by atoms with Crippen LogP contribution in [-0.2, 0) is 0 Å². The average molecular weight is 121 g/mol. The number of nitrogens with zero attached hydrogens (tertiary/aromatic N) is 1. The molecule has 0 radical (unpaired) electrons. The van der Waals surface area contributed by atoms with Crippen LogP contribution in [0, 0.1) is 0 Å². The molecule has 0 atom stereocenters. The predicted molar refractivity (Wildman–Crippen MR) is 36.3 cm³/mol. The van der Waals surface area contributed by atoms with Gasteiger partial charge in [0.1, 0.15) is 0 Å². The number of hydrogen-bond donors (Lipinski definition) is 1. The molecule has 0 fully saturated rings. The molecule has 2 heteroatoms. The van der Waals surface area contributed by atoms with Crippen molar-refractivity contribution in [3.63, 3.8) is 0 Å². The van der Waals surface area contributed by atoms with Crippen LogP contribution in [-0.4, -0.2) is 17.4 Å². The zero-order valence-corrected chi connectivity index (χ0v) is 4.91. The van der Waals surface area contributed by atoms with Crippen molar-refractivity contribution in [1.82, 2.24) is 0 Å². The largest absolute Gasteiger partial charge is 0.390 e. The highest BCUT2D eigenvalue weighted by molar-refractivity contribution is 5.96. The number of aliphatic hydroxyl groups excluding tert-OH is 1. The van der Waals surface area contributed by atoms with Crippen molar-refractivity contribution in [3.05, 3.63) is 30.2 Å². The van der Waals surface area contributed by atoms with Crippen LogP contribution in [0.2, 0.25) is 0 Å². The van der Waals surface area contributed by atoms with E-state index in [-0.39, 0.29) is 6.61 Å². The molecule has 0 bridgehead atoms. The summed E-state index contributed by atoms with van der Waals surface area (Å²) in [6.07, 6.45) is 6.79. The van der Waals surface area contributed by atoms with Gasteiger partial charge in [0.15, 0.2) is 0 Å². The van der Waals surface area contributed by atoms with Gasteiger partial charge in [0.2, 0.25) is 0 Å². The second-order valence-corrected chi connectivity index (χ2v) is 1.60. The average Bonchev–Trinajstić information content (AvgIpc) is 2.13. The summed E-state index contributed by atoms with van der Waals surface area (Å²) in [6, 6.07) is 0. The molecule has 0 amide bonds. The van der Waals surface area contributed by atoms with Crippen LogP contribution in [0.25, 0.3) is 0 Å². The van der Waals surface area contributed by atoms with Crippen LogP contribution < -0.4 is 0 Å². The lowest BCUT2D eigenvalue weighted by molar-refractivity contribution is 0.358. The molecule has 1 heterocycles. The van der Waals surface area contributed by atoms with Gasteiger partial charge < -0.3 is 5.11 Å². The first kappa shape index (κ1) is 6.02. The van der Waals surface area contributed by atoms with Gasteiger partial charge in [0.25, 0.3) is 0 Å². The quantitative estimate of drug-likeness (QED) is 0.508. The van der Waals surface area contributed by atoms with E-state index < -0.39 is 0 Å². The van der Waals surface area contributed by atoms with Gasteiger partial charge in [-0.05, 0) is 12.2 Å². The van der Waals surface area contributed by atoms with Crippen LogP contribution in [0.15, 0.2) is 35.2 Å². The van der Waals surface area contributed by atoms with Crippen LogP contribution in [0.1, 0.15) is 0 Å². The molecule has 1 N–H and O–H groups in total. The Labute approximate surface area is 53.5 Å². The molecule has 46 valence electrons. The molecule has 0 aromatic heterocycles. The normalized spacial score (nSPS) is 15.4. The lowest BCUT2D eigenvalue weighted by Crippen LogP contribution is -1.97. The standard InChI is InChI=1S/C7H7NO/c9-6-7-4-2-1-3-5-8-7/h1,3-5,9H,6H2. The second kappa shape index (κ2) is 3.02. The Hall–Kier alpha value is -1.11. The maximum atomic E-state index is 8.57. The van der Waals surface area contributed by atoms with E-state index in [4.69, 9.17) is 5.11 Å². The SMILES string of the molecule is OCC1=NC=CC=C=C1. The highest BCUT2D eigenvalue weighted by Gasteiger charge is 1.87. The summed E-state index contributed by atoms with van der Waals surface area (Å²) in [7, 11) is 0. The second-order valence-electron chi connectivity index (χ2n) is 1.60. The van der Waals surface area contributed by atoms with Gasteiger partial charge in [-0.2, -0.15) is 0 Å². The Kier molecular flexibility index (Phi) is 2.02. The maximum Gasteiger partial charge on any atom is 0.0859 e. The van der Waals surface area contributed by atoms with Crippen molar-refractivity contribution in [3.8, 4) is 0 Å². The van der Waals surface area contributed by atoms with E-state index in [1.807, 2.05) is 0 Å². The Bertz CT molecular complexity index is 207. The maximum absolute atomic E-state index is 8.57. The van der Waals surface area contributed by atoms with Crippen molar-refractivity contribution < 1.29 is 5.11 Å².